The molecule has 0 saturated heterocycles. The molecule has 0 rings (SSSR count). The molecular weight excluding hydrogens is 596 g/mol. The summed E-state index contributed by atoms with van der Waals surface area (Å²) >= 11 is 0. The summed E-state index contributed by atoms with van der Waals surface area (Å²) in [4.78, 5) is 24.2. The lowest BCUT2D eigenvalue weighted by Crippen LogP contribution is -2.28. The summed E-state index contributed by atoms with van der Waals surface area (Å²) in [6.45, 7) is 3.92. The highest BCUT2D eigenvalue weighted by atomic mass is 16.6. The van der Waals surface area contributed by atoms with Gasteiger partial charge in [0.15, 0.2) is 6.10 Å². The van der Waals surface area contributed by atoms with Gasteiger partial charge in [0.25, 0.3) is 0 Å². The molecule has 1 N–H and O–H groups in total. The molecular formula is C43H70O5. The highest BCUT2D eigenvalue weighted by Crippen LogP contribution is 2.12. The van der Waals surface area contributed by atoms with Crippen molar-refractivity contribution >= 4 is 11.9 Å². The highest BCUT2D eigenvalue weighted by molar-refractivity contribution is 5.70. The fourth-order valence-electron chi connectivity index (χ4n) is 4.81. The SMILES string of the molecule is CCC=CCC=CCC=CCC=CCC=CCC=CCCC(=O)OC[C@H](CO)OC(=O)CCCCCCCCCC=CCCCCCC. The average Bonchev–Trinajstić information content (AvgIpc) is 3.09. The molecule has 0 radical (unpaired) electrons. The number of carbonyl (C=O) groups excluding carboxylic acids is 2. The highest BCUT2D eigenvalue weighted by Gasteiger charge is 2.15. The second kappa shape index (κ2) is 38.5. The maximum Gasteiger partial charge on any atom is 0.306 e. The predicted molar refractivity (Wildman–Crippen MR) is 205 cm³/mol. The molecule has 0 aliphatic carbocycles. The first kappa shape index (κ1) is 45.1. The third-order valence-corrected chi connectivity index (χ3v) is 7.69. The smallest absolute Gasteiger partial charge is 0.306 e. The lowest BCUT2D eigenvalue weighted by molar-refractivity contribution is -0.161. The van der Waals surface area contributed by atoms with Crippen molar-refractivity contribution in [1.82, 2.24) is 0 Å². The van der Waals surface area contributed by atoms with Crippen LogP contribution in [0.1, 0.15) is 155 Å². The average molecular weight is 667 g/mol. The first-order valence-corrected chi connectivity index (χ1v) is 19.1. The van der Waals surface area contributed by atoms with E-state index in [9.17, 15) is 14.7 Å². The van der Waals surface area contributed by atoms with Gasteiger partial charge in [0.05, 0.1) is 6.61 Å². The van der Waals surface area contributed by atoms with Crippen molar-refractivity contribution in [2.24, 2.45) is 0 Å². The zero-order valence-corrected chi connectivity index (χ0v) is 30.7. The summed E-state index contributed by atoms with van der Waals surface area (Å²) in [5.41, 5.74) is 0. The third kappa shape index (κ3) is 35.9. The molecule has 0 unspecified atom stereocenters. The minimum absolute atomic E-state index is 0.112. The van der Waals surface area contributed by atoms with E-state index < -0.39 is 6.10 Å². The van der Waals surface area contributed by atoms with E-state index in [-0.39, 0.29) is 31.6 Å². The van der Waals surface area contributed by atoms with Gasteiger partial charge in [-0.2, -0.15) is 0 Å². The Labute approximate surface area is 295 Å². The molecule has 0 saturated carbocycles. The van der Waals surface area contributed by atoms with Crippen LogP contribution in [-0.4, -0.2) is 36.4 Å². The van der Waals surface area contributed by atoms with Crippen LogP contribution in [0.2, 0.25) is 0 Å². The van der Waals surface area contributed by atoms with Crippen LogP contribution in [0, 0.1) is 0 Å². The molecule has 0 fully saturated rings. The number of hydrogen-bond donors (Lipinski definition) is 1. The van der Waals surface area contributed by atoms with E-state index in [2.05, 4.69) is 86.8 Å². The van der Waals surface area contributed by atoms with Crippen molar-refractivity contribution in [3.8, 4) is 0 Å². The Hall–Kier alpha value is -2.92. The molecule has 0 bridgehead atoms. The Morgan fingerprint density at radius 2 is 0.938 bits per heavy atom. The molecule has 0 heterocycles. The van der Waals surface area contributed by atoms with Gasteiger partial charge in [0.2, 0.25) is 0 Å². The van der Waals surface area contributed by atoms with Crippen molar-refractivity contribution in [2.75, 3.05) is 13.2 Å². The molecule has 5 heteroatoms. The van der Waals surface area contributed by atoms with Gasteiger partial charge in [0, 0.05) is 12.8 Å². The van der Waals surface area contributed by atoms with E-state index in [1.807, 2.05) is 12.2 Å². The number of ether oxygens (including phenoxy) is 2. The van der Waals surface area contributed by atoms with Crippen LogP contribution in [0.15, 0.2) is 85.1 Å². The number of aliphatic hydroxyl groups excluding tert-OH is 1. The van der Waals surface area contributed by atoms with E-state index in [1.165, 1.54) is 64.2 Å². The number of aliphatic hydroxyl groups is 1. The predicted octanol–water partition coefficient (Wildman–Crippen LogP) is 11.9. The molecule has 272 valence electrons. The van der Waals surface area contributed by atoms with Crippen LogP contribution in [0.3, 0.4) is 0 Å². The molecule has 1 atom stereocenters. The summed E-state index contributed by atoms with van der Waals surface area (Å²) in [7, 11) is 0. The second-order valence-corrected chi connectivity index (χ2v) is 12.3. The Kier molecular flexibility index (Phi) is 36.2. The normalized spacial score (nSPS) is 13.1. The molecule has 5 nitrogen and oxygen atoms in total. The monoisotopic (exact) mass is 667 g/mol. The summed E-state index contributed by atoms with van der Waals surface area (Å²) in [5, 5.41) is 9.54. The minimum Gasteiger partial charge on any atom is -0.462 e. The van der Waals surface area contributed by atoms with Crippen molar-refractivity contribution in [1.29, 1.82) is 0 Å². The van der Waals surface area contributed by atoms with E-state index in [0.717, 1.165) is 57.8 Å². The zero-order valence-electron chi connectivity index (χ0n) is 30.7. The molecule has 0 aromatic heterocycles. The molecule has 0 aromatic carbocycles. The zero-order chi connectivity index (χ0) is 35.0. The van der Waals surface area contributed by atoms with Crippen LogP contribution in [-0.2, 0) is 19.1 Å². The number of allylic oxidation sites excluding steroid dienone is 14. The van der Waals surface area contributed by atoms with Crippen LogP contribution in [0.5, 0.6) is 0 Å². The van der Waals surface area contributed by atoms with Crippen molar-refractivity contribution in [3.05, 3.63) is 85.1 Å². The molecule has 0 aromatic rings. The first-order valence-electron chi connectivity index (χ1n) is 19.1. The summed E-state index contributed by atoms with van der Waals surface area (Å²) in [5.74, 6) is -0.702. The van der Waals surface area contributed by atoms with Gasteiger partial charge in [-0.05, 0) is 77.0 Å². The number of esters is 2. The van der Waals surface area contributed by atoms with Crippen LogP contribution in [0.25, 0.3) is 0 Å². The third-order valence-electron chi connectivity index (χ3n) is 7.69. The first-order chi connectivity index (χ1) is 23.6. The van der Waals surface area contributed by atoms with Crippen LogP contribution in [0.4, 0.5) is 0 Å². The fourth-order valence-corrected chi connectivity index (χ4v) is 4.81. The Balaban J connectivity index is 3.73. The molecule has 0 aliphatic heterocycles. The quantitative estimate of drug-likeness (QED) is 0.0429. The van der Waals surface area contributed by atoms with Gasteiger partial charge < -0.3 is 14.6 Å². The Bertz CT molecular complexity index is 937. The number of hydrogen-bond acceptors (Lipinski definition) is 5. The summed E-state index contributed by atoms with van der Waals surface area (Å²) in [6, 6.07) is 0. The topological polar surface area (TPSA) is 72.8 Å². The number of carbonyl (C=O) groups is 2. The van der Waals surface area contributed by atoms with Crippen LogP contribution < -0.4 is 0 Å². The molecule has 0 amide bonds. The van der Waals surface area contributed by atoms with E-state index in [4.69, 9.17) is 9.47 Å². The Morgan fingerprint density at radius 3 is 1.44 bits per heavy atom. The van der Waals surface area contributed by atoms with Crippen LogP contribution >= 0.6 is 0 Å². The summed E-state index contributed by atoms with van der Waals surface area (Å²) < 4.78 is 10.5. The lowest BCUT2D eigenvalue weighted by atomic mass is 10.1. The van der Waals surface area contributed by atoms with Crippen molar-refractivity contribution < 1.29 is 24.2 Å². The van der Waals surface area contributed by atoms with E-state index in [1.54, 1.807) is 0 Å². The standard InChI is InChI=1S/C43H70O5/c1-3-5-7-9-11-13-15-17-19-20-21-22-24-25-27-29-31-33-35-37-42(45)47-40-41(39-44)48-43(46)38-36-34-32-30-28-26-23-18-16-14-12-10-8-6-4-2/h5,7,11,13-14,16-17,19,21-22,25,27,31,33,41,44H,3-4,6,8-10,12,15,18,20,23-24,26,28-30,32,34-40H2,1-2H3/t41-/m0/s1. The Morgan fingerprint density at radius 1 is 0.500 bits per heavy atom. The molecule has 0 aliphatic rings. The molecule has 48 heavy (non-hydrogen) atoms. The molecule has 0 spiro atoms. The van der Waals surface area contributed by atoms with Gasteiger partial charge in [-0.25, -0.2) is 0 Å². The van der Waals surface area contributed by atoms with Gasteiger partial charge in [-0.1, -0.05) is 150 Å². The lowest BCUT2D eigenvalue weighted by Gasteiger charge is -2.15. The van der Waals surface area contributed by atoms with Gasteiger partial charge in [0.1, 0.15) is 6.61 Å². The maximum atomic E-state index is 12.1. The van der Waals surface area contributed by atoms with Gasteiger partial charge >= 0.3 is 11.9 Å². The van der Waals surface area contributed by atoms with E-state index in [0.29, 0.717) is 12.8 Å². The van der Waals surface area contributed by atoms with E-state index >= 15 is 0 Å². The maximum absolute atomic E-state index is 12.1. The van der Waals surface area contributed by atoms with Crippen molar-refractivity contribution in [3.63, 3.8) is 0 Å². The number of rotatable bonds is 33. The summed E-state index contributed by atoms with van der Waals surface area (Å²) in [6.07, 6.45) is 52.2. The van der Waals surface area contributed by atoms with Crippen molar-refractivity contribution in [2.45, 2.75) is 161 Å². The van der Waals surface area contributed by atoms with Gasteiger partial charge in [-0.15, -0.1) is 0 Å². The second-order valence-electron chi connectivity index (χ2n) is 12.3. The van der Waals surface area contributed by atoms with Gasteiger partial charge in [-0.3, -0.25) is 9.59 Å². The number of unbranched alkanes of at least 4 members (excludes halogenated alkanes) is 11. The fraction of sp³-hybridized carbons (Fsp3) is 0.628. The minimum atomic E-state index is -0.808. The largest absolute Gasteiger partial charge is 0.462 e.